The van der Waals surface area contributed by atoms with Crippen LogP contribution in [0.1, 0.15) is 0 Å². The maximum Gasteiger partial charge on any atom is 0.119 e. The number of nitrogens with zero attached hydrogens (tertiary/aromatic N) is 1. The molecule has 0 atom stereocenters. The van der Waals surface area contributed by atoms with E-state index >= 15 is 0 Å². The summed E-state index contributed by atoms with van der Waals surface area (Å²) in [4.78, 5) is 0. The highest BCUT2D eigenvalue weighted by Gasteiger charge is 1.88. The minimum Gasteiger partial charge on any atom is -0.497 e. The van der Waals surface area contributed by atoms with Gasteiger partial charge >= 0.3 is 0 Å². The molecule has 0 aliphatic rings. The molecule has 10 heavy (non-hydrogen) atoms. The fourth-order valence-electron chi connectivity index (χ4n) is 0.643. The molecule has 0 fully saturated rings. The molecule has 0 saturated carbocycles. The van der Waals surface area contributed by atoms with Gasteiger partial charge in [-0.1, -0.05) is 0 Å². The summed E-state index contributed by atoms with van der Waals surface area (Å²) < 4.78 is 8.51. The second-order valence-electron chi connectivity index (χ2n) is 1.79. The van der Waals surface area contributed by atoms with Gasteiger partial charge in [-0.3, -0.25) is 0 Å². The molecule has 0 spiro atoms. The first kappa shape index (κ1) is 7.15. The molecular weight excluding hydrogens is 146 g/mol. The molecule has 1 aromatic rings. The summed E-state index contributed by atoms with van der Waals surface area (Å²) in [5.74, 6) is 0.822. The van der Waals surface area contributed by atoms with Crippen LogP contribution in [0.25, 0.3) is 0 Å². The van der Waals surface area contributed by atoms with Crippen LogP contribution in [0.2, 0.25) is 0 Å². The molecule has 0 N–H and O–H groups in total. The smallest absolute Gasteiger partial charge is 0.119 e. The van der Waals surface area contributed by atoms with Crippen LogP contribution in [0.5, 0.6) is 5.75 Å². The number of hydrogen-bond acceptors (Lipinski definition) is 3. The highest BCUT2D eigenvalue weighted by Crippen LogP contribution is 2.16. The zero-order valence-corrected chi connectivity index (χ0v) is 6.39. The van der Waals surface area contributed by atoms with Gasteiger partial charge in [-0.25, -0.2) is 0 Å². The molecule has 0 aliphatic heterocycles. The van der Waals surface area contributed by atoms with Crippen molar-refractivity contribution in [2.75, 3.05) is 7.11 Å². The molecule has 0 aliphatic carbocycles. The summed E-state index contributed by atoms with van der Waals surface area (Å²) in [5, 5.41) is 0. The summed E-state index contributed by atoms with van der Waals surface area (Å²) in [6, 6.07) is 7.27. The Morgan fingerprint density at radius 3 is 2.30 bits per heavy atom. The molecule has 0 amide bonds. The molecule has 3 heteroatoms. The number of rotatable bonds is 2. The van der Waals surface area contributed by atoms with Gasteiger partial charge in [0, 0.05) is 12.4 Å². The second kappa shape index (κ2) is 3.27. The molecule has 0 unspecified atom stereocenters. The predicted octanol–water partition coefficient (Wildman–Crippen LogP) is 2.06. The summed E-state index contributed by atoms with van der Waals surface area (Å²) in [7, 11) is 1.62. The Kier molecular flexibility index (Phi) is 2.34. The summed E-state index contributed by atoms with van der Waals surface area (Å²) in [5.41, 5.74) is 0.788. The lowest BCUT2D eigenvalue weighted by Crippen LogP contribution is -1.79. The van der Waals surface area contributed by atoms with Crippen LogP contribution in [0.4, 0.5) is 5.69 Å². The van der Waals surface area contributed by atoms with Crippen molar-refractivity contribution in [1.82, 2.24) is 0 Å². The fourth-order valence-corrected chi connectivity index (χ4v) is 0.765. The normalized spacial score (nSPS) is 8.90. The maximum atomic E-state index is 4.94. The van der Waals surface area contributed by atoms with Gasteiger partial charge in [-0.15, -0.1) is 0 Å². The zero-order chi connectivity index (χ0) is 7.40. The van der Waals surface area contributed by atoms with E-state index in [2.05, 4.69) is 16.8 Å². The summed E-state index contributed by atoms with van der Waals surface area (Å²) in [6.07, 6.45) is 0. The second-order valence-corrected chi connectivity index (χ2v) is 1.97. The molecule has 52 valence electrons. The van der Waals surface area contributed by atoms with Crippen molar-refractivity contribution in [3.8, 4) is 5.75 Å². The van der Waals surface area contributed by atoms with Crippen molar-refractivity contribution in [1.29, 1.82) is 0 Å². The highest BCUT2D eigenvalue weighted by atomic mass is 32.1. The first-order valence-corrected chi connectivity index (χ1v) is 3.21. The summed E-state index contributed by atoms with van der Waals surface area (Å²) >= 11 is 4.48. The Bertz CT molecular complexity index is 220. The van der Waals surface area contributed by atoms with E-state index < -0.39 is 0 Å². The SMILES string of the molecule is COc1ccc(N=S)cc1. The van der Waals surface area contributed by atoms with Gasteiger partial charge in [0.1, 0.15) is 5.75 Å². The molecular formula is C7H7NOS. The average molecular weight is 153 g/mol. The van der Waals surface area contributed by atoms with E-state index in [1.807, 2.05) is 24.3 Å². The Morgan fingerprint density at radius 2 is 1.90 bits per heavy atom. The Labute approximate surface area is 65.0 Å². The molecule has 0 heterocycles. The fraction of sp³-hybridized carbons (Fsp3) is 0.143. The van der Waals surface area contributed by atoms with Crippen LogP contribution in [-0.2, 0) is 12.4 Å². The Morgan fingerprint density at radius 1 is 1.30 bits per heavy atom. The lowest BCUT2D eigenvalue weighted by molar-refractivity contribution is 0.415. The maximum absolute atomic E-state index is 4.94. The Hall–Kier alpha value is -0.960. The van der Waals surface area contributed by atoms with Crippen molar-refractivity contribution >= 4 is 18.1 Å². The molecule has 1 rings (SSSR count). The first-order valence-electron chi connectivity index (χ1n) is 2.84. The third-order valence-electron chi connectivity index (χ3n) is 1.18. The number of ether oxygens (including phenoxy) is 1. The number of hydrogen-bond donors (Lipinski definition) is 0. The van der Waals surface area contributed by atoms with E-state index in [1.165, 1.54) is 0 Å². The average Bonchev–Trinajstić information content (AvgIpc) is 2.05. The largest absolute Gasteiger partial charge is 0.497 e. The van der Waals surface area contributed by atoms with E-state index in [0.717, 1.165) is 11.4 Å². The van der Waals surface area contributed by atoms with Gasteiger partial charge in [0.05, 0.1) is 12.8 Å². The van der Waals surface area contributed by atoms with E-state index in [1.54, 1.807) is 7.11 Å². The van der Waals surface area contributed by atoms with E-state index in [0.29, 0.717) is 0 Å². The monoisotopic (exact) mass is 153 g/mol. The van der Waals surface area contributed by atoms with Crippen LogP contribution in [0.3, 0.4) is 0 Å². The topological polar surface area (TPSA) is 21.6 Å². The van der Waals surface area contributed by atoms with Gasteiger partial charge in [0.25, 0.3) is 0 Å². The number of methoxy groups -OCH3 is 1. The van der Waals surface area contributed by atoms with Crippen molar-refractivity contribution in [2.45, 2.75) is 0 Å². The van der Waals surface area contributed by atoms with Gasteiger partial charge in [0.2, 0.25) is 0 Å². The van der Waals surface area contributed by atoms with E-state index in [4.69, 9.17) is 4.74 Å². The van der Waals surface area contributed by atoms with Crippen molar-refractivity contribution < 1.29 is 4.74 Å². The highest BCUT2D eigenvalue weighted by molar-refractivity contribution is 7.47. The van der Waals surface area contributed by atoms with Gasteiger partial charge in [-0.05, 0) is 24.3 Å². The van der Waals surface area contributed by atoms with Crippen molar-refractivity contribution in [3.05, 3.63) is 24.3 Å². The molecule has 1 aromatic carbocycles. The molecule has 0 aromatic heterocycles. The van der Waals surface area contributed by atoms with Gasteiger partial charge < -0.3 is 4.74 Å². The molecule has 2 nitrogen and oxygen atoms in total. The number of benzene rings is 1. The molecule has 0 radical (unpaired) electrons. The molecule has 0 saturated heterocycles. The third-order valence-corrected chi connectivity index (χ3v) is 1.39. The first-order chi connectivity index (χ1) is 4.86. The van der Waals surface area contributed by atoms with Gasteiger partial charge in [-0.2, -0.15) is 4.36 Å². The van der Waals surface area contributed by atoms with Crippen molar-refractivity contribution in [3.63, 3.8) is 0 Å². The lowest BCUT2D eigenvalue weighted by atomic mass is 10.3. The van der Waals surface area contributed by atoms with Crippen LogP contribution in [-0.4, -0.2) is 7.11 Å². The predicted molar refractivity (Wildman–Crippen MR) is 42.4 cm³/mol. The van der Waals surface area contributed by atoms with E-state index in [-0.39, 0.29) is 0 Å². The zero-order valence-electron chi connectivity index (χ0n) is 5.57. The van der Waals surface area contributed by atoms with Crippen LogP contribution in [0, 0.1) is 0 Å². The van der Waals surface area contributed by atoms with Crippen molar-refractivity contribution in [2.24, 2.45) is 4.36 Å². The van der Waals surface area contributed by atoms with Crippen LogP contribution >= 0.6 is 0 Å². The van der Waals surface area contributed by atoms with Gasteiger partial charge in [0.15, 0.2) is 0 Å². The third kappa shape index (κ3) is 1.51. The summed E-state index contributed by atoms with van der Waals surface area (Å²) in [6.45, 7) is 0. The minimum atomic E-state index is 0.788. The lowest BCUT2D eigenvalue weighted by Gasteiger charge is -1.96. The van der Waals surface area contributed by atoms with E-state index in [9.17, 15) is 0 Å². The van der Waals surface area contributed by atoms with Crippen LogP contribution < -0.4 is 4.74 Å². The minimum absolute atomic E-state index is 0.788. The standard InChI is InChI=1S/C7H7NOS/c1-9-7-4-2-6(8-10)3-5-7/h2-5H,1H3. The quantitative estimate of drug-likeness (QED) is 0.648. The Balaban J connectivity index is 2.90. The van der Waals surface area contributed by atoms with Crippen LogP contribution in [0.15, 0.2) is 28.6 Å². The molecule has 0 bridgehead atoms.